The van der Waals surface area contributed by atoms with Crippen molar-refractivity contribution in [2.24, 2.45) is 12.5 Å². The van der Waals surface area contributed by atoms with Gasteiger partial charge in [-0.3, -0.25) is 9.59 Å². The summed E-state index contributed by atoms with van der Waals surface area (Å²) in [5.74, 6) is -0.809. The molecule has 0 aliphatic rings. The lowest BCUT2D eigenvalue weighted by Gasteiger charge is -2.18. The molecule has 0 saturated carbocycles. The van der Waals surface area contributed by atoms with Crippen molar-refractivity contribution in [2.45, 2.75) is 39.7 Å². The lowest BCUT2D eigenvalue weighted by atomic mass is 9.87. The van der Waals surface area contributed by atoms with E-state index in [0.29, 0.717) is 36.8 Å². The topological polar surface area (TPSA) is 103 Å². The van der Waals surface area contributed by atoms with Gasteiger partial charge in [0.2, 0.25) is 0 Å². The van der Waals surface area contributed by atoms with E-state index in [1.54, 1.807) is 20.9 Å². The Hall–Kier alpha value is -2.25. The van der Waals surface area contributed by atoms with E-state index in [9.17, 15) is 9.59 Å². The van der Waals surface area contributed by atoms with Gasteiger partial charge < -0.3 is 5.11 Å². The molecule has 0 bridgehead atoms. The van der Waals surface area contributed by atoms with Gasteiger partial charge in [-0.15, -0.1) is 5.10 Å². The van der Waals surface area contributed by atoms with Gasteiger partial charge in [-0.05, 0) is 26.7 Å². The molecule has 0 unspecified atom stereocenters. The summed E-state index contributed by atoms with van der Waals surface area (Å²) in [6.45, 7) is 3.82. The number of hydrogen-bond donors (Lipinski definition) is 1. The fourth-order valence-corrected chi connectivity index (χ4v) is 2.06. The van der Waals surface area contributed by atoms with Crippen LogP contribution in [-0.2, 0) is 18.4 Å². The van der Waals surface area contributed by atoms with Crippen molar-refractivity contribution in [1.82, 2.24) is 24.8 Å². The number of aryl methyl sites for hydroxylation is 2. The number of unbranched alkanes of at least 4 members (excludes halogenated alkanes) is 1. The van der Waals surface area contributed by atoms with E-state index in [0.717, 1.165) is 0 Å². The number of carboxylic acids is 1. The van der Waals surface area contributed by atoms with E-state index in [4.69, 9.17) is 5.11 Å². The summed E-state index contributed by atoms with van der Waals surface area (Å²) in [7, 11) is 1.70. The summed E-state index contributed by atoms with van der Waals surface area (Å²) in [5.41, 5.74) is -0.502. The molecule has 0 amide bonds. The number of carbonyl (C=O) groups is 1. The first-order valence-corrected chi connectivity index (χ1v) is 6.82. The highest BCUT2D eigenvalue weighted by Gasteiger charge is 2.26. The van der Waals surface area contributed by atoms with Crippen molar-refractivity contribution in [3.63, 3.8) is 0 Å². The van der Waals surface area contributed by atoms with Crippen LogP contribution in [-0.4, -0.2) is 35.9 Å². The molecule has 0 aliphatic heterocycles. The molecule has 2 rings (SSSR count). The largest absolute Gasteiger partial charge is 0.481 e. The van der Waals surface area contributed by atoms with Crippen LogP contribution >= 0.6 is 0 Å². The third-order valence-electron chi connectivity index (χ3n) is 3.62. The van der Waals surface area contributed by atoms with E-state index >= 15 is 0 Å². The maximum Gasteiger partial charge on any atom is 0.309 e. The molecule has 8 heteroatoms. The van der Waals surface area contributed by atoms with Crippen molar-refractivity contribution in [3.8, 4) is 0 Å². The van der Waals surface area contributed by atoms with Crippen molar-refractivity contribution < 1.29 is 9.90 Å². The Morgan fingerprint density at radius 2 is 2.10 bits per heavy atom. The van der Waals surface area contributed by atoms with Gasteiger partial charge in [0.15, 0.2) is 5.65 Å². The predicted octanol–water partition coefficient (Wildman–Crippen LogP) is 0.806. The second-order valence-corrected chi connectivity index (χ2v) is 5.77. The average Bonchev–Trinajstić information content (AvgIpc) is 2.79. The maximum absolute atomic E-state index is 12.2. The number of fused-ring (bicyclic) bond motifs is 1. The molecule has 0 atom stereocenters. The van der Waals surface area contributed by atoms with Gasteiger partial charge in [-0.2, -0.15) is 5.10 Å². The summed E-state index contributed by atoms with van der Waals surface area (Å²) < 4.78 is 2.81. The van der Waals surface area contributed by atoms with Gasteiger partial charge in [0.1, 0.15) is 5.39 Å². The fraction of sp³-hybridized carbons (Fsp3) is 0.615. The minimum Gasteiger partial charge on any atom is -0.481 e. The van der Waals surface area contributed by atoms with E-state index in [1.165, 1.54) is 15.6 Å². The molecule has 0 spiro atoms. The molecule has 0 saturated heterocycles. The van der Waals surface area contributed by atoms with Gasteiger partial charge in [-0.25, -0.2) is 9.36 Å². The molecule has 114 valence electrons. The second kappa shape index (κ2) is 5.63. The van der Waals surface area contributed by atoms with Crippen LogP contribution in [0.15, 0.2) is 11.0 Å². The molecule has 21 heavy (non-hydrogen) atoms. The van der Waals surface area contributed by atoms with Gasteiger partial charge in [0.05, 0.1) is 11.6 Å². The van der Waals surface area contributed by atoms with Crippen LogP contribution in [0.3, 0.4) is 0 Å². The Balaban J connectivity index is 2.00. The molecule has 2 aromatic heterocycles. The quantitative estimate of drug-likeness (QED) is 0.790. The summed E-state index contributed by atoms with van der Waals surface area (Å²) in [4.78, 5) is 23.2. The van der Waals surface area contributed by atoms with Gasteiger partial charge in [0, 0.05) is 13.6 Å². The summed E-state index contributed by atoms with van der Waals surface area (Å²) in [6, 6.07) is 0. The highest BCUT2D eigenvalue weighted by atomic mass is 16.4. The first-order valence-electron chi connectivity index (χ1n) is 6.82. The number of hydrogen-bond acceptors (Lipinski definition) is 5. The van der Waals surface area contributed by atoms with E-state index in [2.05, 4.69) is 15.4 Å². The Bertz CT molecular complexity index is 716. The maximum atomic E-state index is 12.2. The summed E-state index contributed by atoms with van der Waals surface area (Å²) >= 11 is 0. The van der Waals surface area contributed by atoms with Crippen molar-refractivity contribution in [3.05, 3.63) is 16.6 Å². The molecule has 0 aliphatic carbocycles. The highest BCUT2D eigenvalue weighted by molar-refractivity contribution is 5.73. The minimum absolute atomic E-state index is 0.217. The van der Waals surface area contributed by atoms with Crippen molar-refractivity contribution in [2.75, 3.05) is 0 Å². The molecule has 0 fully saturated rings. The van der Waals surface area contributed by atoms with Gasteiger partial charge in [-0.1, -0.05) is 11.6 Å². The Morgan fingerprint density at radius 3 is 2.76 bits per heavy atom. The van der Waals surface area contributed by atoms with Crippen LogP contribution in [0.5, 0.6) is 0 Å². The molecule has 2 heterocycles. The van der Waals surface area contributed by atoms with Crippen LogP contribution in [0, 0.1) is 5.41 Å². The van der Waals surface area contributed by atoms with Crippen molar-refractivity contribution >= 4 is 17.0 Å². The fourth-order valence-electron chi connectivity index (χ4n) is 2.06. The number of carboxylic acid groups (broad SMARTS) is 1. The highest BCUT2D eigenvalue weighted by Crippen LogP contribution is 2.23. The Kier molecular flexibility index (Phi) is 4.06. The Morgan fingerprint density at radius 1 is 1.38 bits per heavy atom. The van der Waals surface area contributed by atoms with Gasteiger partial charge >= 0.3 is 5.97 Å². The summed E-state index contributed by atoms with van der Waals surface area (Å²) in [6.07, 6.45) is 3.42. The monoisotopic (exact) mass is 293 g/mol. The molecular formula is C13H19N5O3. The third-order valence-corrected chi connectivity index (χ3v) is 3.62. The summed E-state index contributed by atoms with van der Waals surface area (Å²) in [5, 5.41) is 21.3. The number of nitrogens with zero attached hydrogens (tertiary/aromatic N) is 5. The Labute approximate surface area is 121 Å². The molecule has 2 aromatic rings. The normalized spacial score (nSPS) is 12.0. The van der Waals surface area contributed by atoms with Crippen LogP contribution in [0.2, 0.25) is 0 Å². The predicted molar refractivity (Wildman–Crippen MR) is 75.8 cm³/mol. The average molecular weight is 293 g/mol. The van der Waals surface area contributed by atoms with E-state index in [-0.39, 0.29) is 5.56 Å². The number of rotatable bonds is 6. The molecular weight excluding hydrogens is 274 g/mol. The lowest BCUT2D eigenvalue weighted by Crippen LogP contribution is -2.25. The number of aliphatic carboxylic acids is 1. The van der Waals surface area contributed by atoms with Crippen LogP contribution in [0.4, 0.5) is 0 Å². The molecule has 8 nitrogen and oxygen atoms in total. The smallest absolute Gasteiger partial charge is 0.309 e. The van der Waals surface area contributed by atoms with Crippen molar-refractivity contribution in [1.29, 1.82) is 0 Å². The lowest BCUT2D eigenvalue weighted by molar-refractivity contribution is -0.147. The zero-order valence-electron chi connectivity index (χ0n) is 12.4. The first kappa shape index (κ1) is 15.1. The zero-order chi connectivity index (χ0) is 15.6. The van der Waals surface area contributed by atoms with Crippen LogP contribution in [0.25, 0.3) is 11.0 Å². The van der Waals surface area contributed by atoms with Crippen LogP contribution in [0.1, 0.15) is 33.1 Å². The van der Waals surface area contributed by atoms with E-state index < -0.39 is 11.4 Å². The van der Waals surface area contributed by atoms with E-state index in [1.807, 2.05) is 0 Å². The van der Waals surface area contributed by atoms with Gasteiger partial charge in [0.25, 0.3) is 5.56 Å². The molecule has 0 aromatic carbocycles. The minimum atomic E-state index is -0.809. The molecule has 0 radical (unpaired) electrons. The SMILES string of the molecule is Cn1ncc2c(=O)n(CCCCC(C)(C)C(=O)O)nnc21. The second-order valence-electron chi connectivity index (χ2n) is 5.77. The molecule has 1 N–H and O–H groups in total. The zero-order valence-corrected chi connectivity index (χ0v) is 12.4. The third kappa shape index (κ3) is 3.09. The van der Waals surface area contributed by atoms with Crippen LogP contribution < -0.4 is 5.56 Å². The standard InChI is InChI=1S/C13H19N5O3/c1-13(2,12(20)21)6-4-5-7-18-11(19)9-8-14-17(3)10(9)15-16-18/h8H,4-7H2,1-3H3,(H,20,21). The first-order chi connectivity index (χ1) is 9.83. The number of aromatic nitrogens is 5.